The Bertz CT molecular complexity index is 938. The summed E-state index contributed by atoms with van der Waals surface area (Å²) < 4.78 is 36.8. The molecule has 0 radical (unpaired) electrons. The predicted molar refractivity (Wildman–Crippen MR) is 113 cm³/mol. The topological polar surface area (TPSA) is 59.1 Å². The molecule has 4 rings (SSSR count). The van der Waals surface area contributed by atoms with Crippen LogP contribution in [0, 0.1) is 0 Å². The predicted octanol–water partition coefficient (Wildman–Crippen LogP) is 3.05. The molecule has 2 heterocycles. The van der Waals surface area contributed by atoms with Crippen molar-refractivity contribution in [2.75, 3.05) is 33.0 Å². The van der Waals surface area contributed by atoms with E-state index in [1.807, 2.05) is 24.3 Å². The molecular formula is C22H28N2O4S. The first-order chi connectivity index (χ1) is 13.9. The van der Waals surface area contributed by atoms with E-state index in [0.717, 1.165) is 36.4 Å². The van der Waals surface area contributed by atoms with E-state index in [2.05, 4.69) is 36.2 Å². The molecule has 7 heteroatoms. The van der Waals surface area contributed by atoms with Crippen molar-refractivity contribution < 1.29 is 17.9 Å². The zero-order chi connectivity index (χ0) is 20.4. The number of ether oxygens (including phenoxy) is 2. The lowest BCUT2D eigenvalue weighted by atomic mass is 10.0. The van der Waals surface area contributed by atoms with Gasteiger partial charge in [-0.15, -0.1) is 0 Å². The lowest BCUT2D eigenvalue weighted by Crippen LogP contribution is -2.44. The third-order valence-electron chi connectivity index (χ3n) is 5.81. The minimum Gasteiger partial charge on any atom is -0.485 e. The van der Waals surface area contributed by atoms with Crippen LogP contribution < -0.4 is 9.47 Å². The minimum atomic E-state index is -3.08. The van der Waals surface area contributed by atoms with E-state index in [1.54, 1.807) is 4.31 Å². The first kappa shape index (κ1) is 20.2. The van der Waals surface area contributed by atoms with E-state index in [4.69, 9.17) is 9.47 Å². The summed E-state index contributed by atoms with van der Waals surface area (Å²) in [5, 5.41) is 0. The molecule has 0 aliphatic carbocycles. The highest BCUT2D eigenvalue weighted by atomic mass is 32.2. The fourth-order valence-corrected chi connectivity index (χ4v) is 4.93. The van der Waals surface area contributed by atoms with Gasteiger partial charge in [0, 0.05) is 25.7 Å². The van der Waals surface area contributed by atoms with Crippen molar-refractivity contribution in [1.29, 1.82) is 0 Å². The summed E-state index contributed by atoms with van der Waals surface area (Å²) in [6, 6.07) is 16.6. The maximum Gasteiger partial charge on any atom is 0.211 e. The molecular weight excluding hydrogens is 388 g/mol. The molecule has 0 saturated carbocycles. The molecule has 0 bridgehead atoms. The maximum absolute atomic E-state index is 11.7. The number of fused-ring (bicyclic) bond motifs is 1. The van der Waals surface area contributed by atoms with Crippen LogP contribution in [0.5, 0.6) is 11.5 Å². The molecule has 0 spiro atoms. The molecule has 0 N–H and O–H groups in total. The van der Waals surface area contributed by atoms with Crippen LogP contribution in [0.4, 0.5) is 0 Å². The molecule has 2 aliphatic rings. The lowest BCUT2D eigenvalue weighted by Gasteiger charge is -2.35. The third kappa shape index (κ3) is 4.74. The molecule has 1 atom stereocenters. The molecule has 0 aromatic heterocycles. The number of para-hydroxylation sites is 2. The second-order valence-corrected chi connectivity index (χ2v) is 9.90. The smallest absolute Gasteiger partial charge is 0.211 e. The number of nitrogens with zero attached hydrogens (tertiary/aromatic N) is 2. The second kappa shape index (κ2) is 8.34. The van der Waals surface area contributed by atoms with E-state index >= 15 is 0 Å². The molecule has 2 aliphatic heterocycles. The fourth-order valence-electron chi connectivity index (χ4n) is 4.05. The standard InChI is InChI=1S/C22H28N2O4S/c1-23(19-11-13-24(14-12-19)29(2,25)26)15-17-7-9-18(10-8-17)22-16-27-20-5-3-4-6-21(20)28-22/h3-10,19,22H,11-16H2,1-2H3. The van der Waals surface area contributed by atoms with Crippen molar-refractivity contribution in [2.24, 2.45) is 0 Å². The van der Waals surface area contributed by atoms with Gasteiger partial charge in [-0.05, 0) is 43.1 Å². The van der Waals surface area contributed by atoms with Crippen LogP contribution in [-0.4, -0.2) is 56.7 Å². The van der Waals surface area contributed by atoms with Gasteiger partial charge in [-0.25, -0.2) is 12.7 Å². The SMILES string of the molecule is CN(Cc1ccc(C2COc3ccccc3O2)cc1)C1CCN(S(C)(=O)=O)CC1. The molecule has 1 fully saturated rings. The highest BCUT2D eigenvalue weighted by molar-refractivity contribution is 7.88. The van der Waals surface area contributed by atoms with E-state index < -0.39 is 10.0 Å². The number of hydrogen-bond acceptors (Lipinski definition) is 5. The van der Waals surface area contributed by atoms with Crippen LogP contribution in [0.1, 0.15) is 30.1 Å². The zero-order valence-corrected chi connectivity index (χ0v) is 17.8. The van der Waals surface area contributed by atoms with Crippen molar-refractivity contribution in [3.63, 3.8) is 0 Å². The Labute approximate surface area is 173 Å². The Morgan fingerprint density at radius 1 is 1.03 bits per heavy atom. The monoisotopic (exact) mass is 416 g/mol. The molecule has 1 saturated heterocycles. The van der Waals surface area contributed by atoms with Gasteiger partial charge in [0.15, 0.2) is 17.6 Å². The van der Waals surface area contributed by atoms with E-state index in [-0.39, 0.29) is 6.10 Å². The average molecular weight is 417 g/mol. The van der Waals surface area contributed by atoms with Gasteiger partial charge >= 0.3 is 0 Å². The summed E-state index contributed by atoms with van der Waals surface area (Å²) in [6.45, 7) is 2.56. The summed E-state index contributed by atoms with van der Waals surface area (Å²) in [7, 11) is -0.961. The molecule has 2 aromatic carbocycles. The van der Waals surface area contributed by atoms with Gasteiger partial charge in [-0.2, -0.15) is 0 Å². The summed E-state index contributed by atoms with van der Waals surface area (Å²) in [5.74, 6) is 1.58. The Kier molecular flexibility index (Phi) is 5.81. The van der Waals surface area contributed by atoms with E-state index in [1.165, 1.54) is 11.8 Å². The molecule has 1 unspecified atom stereocenters. The van der Waals surface area contributed by atoms with E-state index in [0.29, 0.717) is 25.7 Å². The third-order valence-corrected chi connectivity index (χ3v) is 7.11. The van der Waals surface area contributed by atoms with Crippen molar-refractivity contribution in [2.45, 2.75) is 31.5 Å². The van der Waals surface area contributed by atoms with Gasteiger partial charge < -0.3 is 9.47 Å². The number of sulfonamides is 1. The van der Waals surface area contributed by atoms with Crippen LogP contribution in [0.15, 0.2) is 48.5 Å². The van der Waals surface area contributed by atoms with Crippen LogP contribution in [-0.2, 0) is 16.6 Å². The van der Waals surface area contributed by atoms with Crippen LogP contribution >= 0.6 is 0 Å². The summed E-state index contributed by atoms with van der Waals surface area (Å²) in [6.07, 6.45) is 2.93. The summed E-state index contributed by atoms with van der Waals surface area (Å²) in [4.78, 5) is 2.32. The number of rotatable bonds is 5. The fraction of sp³-hybridized carbons (Fsp3) is 0.455. The van der Waals surface area contributed by atoms with Gasteiger partial charge in [0.1, 0.15) is 6.61 Å². The van der Waals surface area contributed by atoms with Crippen LogP contribution in [0.2, 0.25) is 0 Å². The Balaban J connectivity index is 1.33. The molecule has 0 amide bonds. The van der Waals surface area contributed by atoms with Gasteiger partial charge in [0.2, 0.25) is 10.0 Å². The summed E-state index contributed by atoms with van der Waals surface area (Å²) in [5.41, 5.74) is 2.34. The first-order valence-corrected chi connectivity index (χ1v) is 11.9. The maximum atomic E-state index is 11.7. The molecule has 29 heavy (non-hydrogen) atoms. The van der Waals surface area contributed by atoms with E-state index in [9.17, 15) is 8.42 Å². The minimum absolute atomic E-state index is 0.100. The Hall–Kier alpha value is -2.09. The number of hydrogen-bond donors (Lipinski definition) is 0. The molecule has 6 nitrogen and oxygen atoms in total. The van der Waals surface area contributed by atoms with Crippen LogP contribution in [0.25, 0.3) is 0 Å². The zero-order valence-electron chi connectivity index (χ0n) is 17.0. The van der Waals surface area contributed by atoms with Crippen molar-refractivity contribution in [3.8, 4) is 11.5 Å². The summed E-state index contributed by atoms with van der Waals surface area (Å²) >= 11 is 0. The highest BCUT2D eigenvalue weighted by Gasteiger charge is 2.27. The van der Waals surface area contributed by atoms with Gasteiger partial charge in [0.25, 0.3) is 0 Å². The van der Waals surface area contributed by atoms with Crippen LogP contribution in [0.3, 0.4) is 0 Å². The molecule has 156 valence electrons. The van der Waals surface area contributed by atoms with Crippen molar-refractivity contribution >= 4 is 10.0 Å². The largest absolute Gasteiger partial charge is 0.485 e. The molecule has 2 aromatic rings. The average Bonchev–Trinajstić information content (AvgIpc) is 2.73. The lowest BCUT2D eigenvalue weighted by molar-refractivity contribution is 0.0912. The number of benzene rings is 2. The Morgan fingerprint density at radius 3 is 2.34 bits per heavy atom. The Morgan fingerprint density at radius 2 is 1.69 bits per heavy atom. The van der Waals surface area contributed by atoms with Gasteiger partial charge in [-0.3, -0.25) is 4.90 Å². The first-order valence-electron chi connectivity index (χ1n) is 10.0. The second-order valence-electron chi connectivity index (χ2n) is 7.91. The normalized spacial score (nSPS) is 20.7. The van der Waals surface area contributed by atoms with Gasteiger partial charge in [-0.1, -0.05) is 36.4 Å². The van der Waals surface area contributed by atoms with Crippen molar-refractivity contribution in [1.82, 2.24) is 9.21 Å². The van der Waals surface area contributed by atoms with Crippen molar-refractivity contribution in [3.05, 3.63) is 59.7 Å². The quantitative estimate of drug-likeness (QED) is 0.750. The number of piperidine rings is 1. The van der Waals surface area contributed by atoms with Gasteiger partial charge in [0.05, 0.1) is 6.26 Å². The highest BCUT2D eigenvalue weighted by Crippen LogP contribution is 2.35.